The summed E-state index contributed by atoms with van der Waals surface area (Å²) in [5, 5.41) is 5.44. The molecule has 1 aromatic heterocycles. The Morgan fingerprint density at radius 3 is 3.00 bits per heavy atom. The lowest BCUT2D eigenvalue weighted by molar-refractivity contribution is 0.787. The van der Waals surface area contributed by atoms with Crippen molar-refractivity contribution < 1.29 is 0 Å². The van der Waals surface area contributed by atoms with E-state index in [0.717, 1.165) is 20.3 Å². The fourth-order valence-electron chi connectivity index (χ4n) is 1.23. The number of nitrogens with two attached hydrogens (primary N) is 1. The third kappa shape index (κ3) is 1.06. The molecular formula is C8H8IN3. The van der Waals surface area contributed by atoms with Crippen LogP contribution in [0.15, 0.2) is 18.2 Å². The number of hydrogen-bond acceptors (Lipinski definition) is 2. The van der Waals surface area contributed by atoms with Crippen LogP contribution in [0.1, 0.15) is 0 Å². The SMILES string of the molecule is Cn1nc(I)c2ccc(N)cc21. The highest BCUT2D eigenvalue weighted by atomic mass is 127. The second-order valence-corrected chi connectivity index (χ2v) is 3.71. The summed E-state index contributed by atoms with van der Waals surface area (Å²) in [6.45, 7) is 0. The van der Waals surface area contributed by atoms with E-state index in [4.69, 9.17) is 5.73 Å². The minimum Gasteiger partial charge on any atom is -0.399 e. The maximum atomic E-state index is 5.66. The van der Waals surface area contributed by atoms with Crippen LogP contribution in [0.25, 0.3) is 10.9 Å². The van der Waals surface area contributed by atoms with E-state index < -0.39 is 0 Å². The van der Waals surface area contributed by atoms with Crippen LogP contribution in [0.5, 0.6) is 0 Å². The van der Waals surface area contributed by atoms with E-state index >= 15 is 0 Å². The maximum Gasteiger partial charge on any atom is 0.131 e. The molecule has 62 valence electrons. The second kappa shape index (κ2) is 2.62. The van der Waals surface area contributed by atoms with Crippen LogP contribution in [0.3, 0.4) is 0 Å². The van der Waals surface area contributed by atoms with Crippen molar-refractivity contribution in [3.05, 3.63) is 21.9 Å². The number of aromatic nitrogens is 2. The van der Waals surface area contributed by atoms with Crippen LogP contribution in [0.4, 0.5) is 5.69 Å². The highest BCUT2D eigenvalue weighted by Gasteiger charge is 2.04. The van der Waals surface area contributed by atoms with Gasteiger partial charge in [0, 0.05) is 18.1 Å². The molecule has 0 aliphatic heterocycles. The first-order chi connectivity index (χ1) is 5.68. The number of anilines is 1. The molecule has 2 rings (SSSR count). The van der Waals surface area contributed by atoms with E-state index in [1.54, 1.807) is 0 Å². The molecule has 12 heavy (non-hydrogen) atoms. The molecule has 0 saturated carbocycles. The standard InChI is InChI=1S/C8H8IN3/c1-12-7-4-5(10)2-3-6(7)8(9)11-12/h2-4H,10H2,1H3. The molecule has 0 aliphatic rings. The topological polar surface area (TPSA) is 43.8 Å². The van der Waals surface area contributed by atoms with Gasteiger partial charge in [-0.05, 0) is 40.8 Å². The van der Waals surface area contributed by atoms with Gasteiger partial charge in [0.25, 0.3) is 0 Å². The summed E-state index contributed by atoms with van der Waals surface area (Å²) in [4.78, 5) is 0. The number of halogens is 1. The first-order valence-electron chi connectivity index (χ1n) is 3.56. The van der Waals surface area contributed by atoms with Crippen LogP contribution < -0.4 is 5.73 Å². The Kier molecular flexibility index (Phi) is 1.71. The third-order valence-electron chi connectivity index (χ3n) is 1.83. The summed E-state index contributed by atoms with van der Waals surface area (Å²) in [6.07, 6.45) is 0. The highest BCUT2D eigenvalue weighted by molar-refractivity contribution is 14.1. The van der Waals surface area contributed by atoms with Gasteiger partial charge in [-0.2, -0.15) is 5.10 Å². The number of nitrogen functional groups attached to an aromatic ring is 1. The highest BCUT2D eigenvalue weighted by Crippen LogP contribution is 2.21. The van der Waals surface area contributed by atoms with Crippen molar-refractivity contribution in [1.29, 1.82) is 0 Å². The predicted molar refractivity (Wildman–Crippen MR) is 57.8 cm³/mol. The van der Waals surface area contributed by atoms with E-state index in [2.05, 4.69) is 27.7 Å². The van der Waals surface area contributed by atoms with Gasteiger partial charge in [-0.1, -0.05) is 0 Å². The van der Waals surface area contributed by atoms with Crippen molar-refractivity contribution >= 4 is 39.2 Å². The molecule has 1 aromatic carbocycles. The average Bonchev–Trinajstić information content (AvgIpc) is 2.28. The van der Waals surface area contributed by atoms with E-state index in [9.17, 15) is 0 Å². The molecule has 0 fully saturated rings. The van der Waals surface area contributed by atoms with Crippen molar-refractivity contribution in [3.8, 4) is 0 Å². The minimum absolute atomic E-state index is 0.780. The summed E-state index contributed by atoms with van der Waals surface area (Å²) in [5.41, 5.74) is 7.52. The molecule has 3 nitrogen and oxygen atoms in total. The van der Waals surface area contributed by atoms with E-state index in [1.807, 2.05) is 29.9 Å². The van der Waals surface area contributed by atoms with Crippen molar-refractivity contribution in [1.82, 2.24) is 9.78 Å². The molecule has 0 atom stereocenters. The van der Waals surface area contributed by atoms with E-state index in [0.29, 0.717) is 0 Å². The fraction of sp³-hybridized carbons (Fsp3) is 0.125. The van der Waals surface area contributed by atoms with Gasteiger partial charge in [-0.25, -0.2) is 0 Å². The molecule has 1 heterocycles. The van der Waals surface area contributed by atoms with Gasteiger partial charge in [0.15, 0.2) is 0 Å². The molecule has 0 radical (unpaired) electrons. The van der Waals surface area contributed by atoms with Crippen LogP contribution in [-0.4, -0.2) is 9.78 Å². The van der Waals surface area contributed by atoms with Gasteiger partial charge in [0.05, 0.1) is 5.52 Å². The zero-order chi connectivity index (χ0) is 8.72. The number of nitrogens with zero attached hydrogens (tertiary/aromatic N) is 2. The van der Waals surface area contributed by atoms with Crippen LogP contribution >= 0.6 is 22.6 Å². The number of hydrogen-bond donors (Lipinski definition) is 1. The van der Waals surface area contributed by atoms with Gasteiger partial charge >= 0.3 is 0 Å². The summed E-state index contributed by atoms with van der Waals surface area (Å²) >= 11 is 2.22. The van der Waals surface area contributed by atoms with E-state index in [1.165, 1.54) is 0 Å². The fourth-order valence-corrected chi connectivity index (χ4v) is 2.01. The molecule has 0 aliphatic carbocycles. The summed E-state index contributed by atoms with van der Waals surface area (Å²) in [5.74, 6) is 0. The Hall–Kier alpha value is -0.780. The molecule has 2 aromatic rings. The summed E-state index contributed by atoms with van der Waals surface area (Å²) in [6, 6.07) is 5.83. The molecule has 0 amide bonds. The molecule has 0 bridgehead atoms. The van der Waals surface area contributed by atoms with Crippen molar-refractivity contribution in [3.63, 3.8) is 0 Å². The first-order valence-corrected chi connectivity index (χ1v) is 4.64. The first kappa shape index (κ1) is 7.85. The molecule has 0 unspecified atom stereocenters. The number of aryl methyl sites for hydroxylation is 1. The quantitative estimate of drug-likeness (QED) is 0.587. The Bertz CT molecular complexity index is 433. The molecule has 0 spiro atoms. The lowest BCUT2D eigenvalue weighted by atomic mass is 10.2. The van der Waals surface area contributed by atoms with Crippen molar-refractivity contribution in [2.75, 3.05) is 5.73 Å². The van der Waals surface area contributed by atoms with Crippen LogP contribution in [-0.2, 0) is 7.05 Å². The van der Waals surface area contributed by atoms with Crippen LogP contribution in [0, 0.1) is 3.70 Å². The Labute approximate surface area is 83.7 Å². The predicted octanol–water partition coefficient (Wildman–Crippen LogP) is 1.76. The Morgan fingerprint density at radius 1 is 1.50 bits per heavy atom. The Morgan fingerprint density at radius 2 is 2.25 bits per heavy atom. The van der Waals surface area contributed by atoms with E-state index in [-0.39, 0.29) is 0 Å². The van der Waals surface area contributed by atoms with Crippen molar-refractivity contribution in [2.24, 2.45) is 7.05 Å². The summed E-state index contributed by atoms with van der Waals surface area (Å²) < 4.78 is 2.86. The van der Waals surface area contributed by atoms with Crippen molar-refractivity contribution in [2.45, 2.75) is 0 Å². The molecule has 4 heteroatoms. The smallest absolute Gasteiger partial charge is 0.131 e. The number of fused-ring (bicyclic) bond motifs is 1. The normalized spacial score (nSPS) is 10.8. The van der Waals surface area contributed by atoms with Gasteiger partial charge in [0.2, 0.25) is 0 Å². The number of benzene rings is 1. The van der Waals surface area contributed by atoms with Gasteiger partial charge < -0.3 is 5.73 Å². The van der Waals surface area contributed by atoms with Crippen LogP contribution in [0.2, 0.25) is 0 Å². The lowest BCUT2D eigenvalue weighted by Gasteiger charge is -1.94. The maximum absolute atomic E-state index is 5.66. The Balaban J connectivity index is 2.90. The number of rotatable bonds is 0. The minimum atomic E-state index is 0.780. The molecular weight excluding hydrogens is 265 g/mol. The average molecular weight is 273 g/mol. The lowest BCUT2D eigenvalue weighted by Crippen LogP contribution is -1.90. The largest absolute Gasteiger partial charge is 0.399 e. The zero-order valence-corrected chi connectivity index (χ0v) is 8.74. The summed E-state index contributed by atoms with van der Waals surface area (Å²) in [7, 11) is 1.92. The van der Waals surface area contributed by atoms with Gasteiger partial charge in [0.1, 0.15) is 3.70 Å². The molecule has 0 saturated heterocycles. The molecule has 2 N–H and O–H groups in total. The zero-order valence-electron chi connectivity index (χ0n) is 6.58. The second-order valence-electron chi connectivity index (χ2n) is 2.69. The van der Waals surface area contributed by atoms with Gasteiger partial charge in [-0.3, -0.25) is 4.68 Å². The van der Waals surface area contributed by atoms with Gasteiger partial charge in [-0.15, -0.1) is 0 Å². The monoisotopic (exact) mass is 273 g/mol. The third-order valence-corrected chi connectivity index (χ3v) is 2.63.